The van der Waals surface area contributed by atoms with Gasteiger partial charge in [0, 0.05) is 57.6 Å². The molecule has 6 nitrogen and oxygen atoms in total. The first-order valence-electron chi connectivity index (χ1n) is 9.23. The molecule has 0 saturated carbocycles. The lowest BCUT2D eigenvalue weighted by Gasteiger charge is -2.43. The number of anilines is 1. The van der Waals surface area contributed by atoms with Gasteiger partial charge in [0.15, 0.2) is 0 Å². The van der Waals surface area contributed by atoms with Crippen LogP contribution in [0.1, 0.15) is 20.8 Å². The van der Waals surface area contributed by atoms with Crippen LogP contribution in [0.5, 0.6) is 0 Å². The first-order valence-corrected chi connectivity index (χ1v) is 11.6. The number of hydrogen-bond acceptors (Lipinski definition) is 5. The third-order valence-corrected chi connectivity index (χ3v) is 5.89. The second-order valence-electron chi connectivity index (χ2n) is 8.05. The van der Waals surface area contributed by atoms with Gasteiger partial charge in [0.2, 0.25) is 0 Å². The molecule has 0 aliphatic carbocycles. The zero-order valence-electron chi connectivity index (χ0n) is 16.5. The first kappa shape index (κ1) is 22.5. The molecule has 0 aromatic carbocycles. The van der Waals surface area contributed by atoms with Crippen molar-refractivity contribution in [3.05, 3.63) is 50.3 Å². The van der Waals surface area contributed by atoms with Gasteiger partial charge in [0.1, 0.15) is 5.60 Å². The number of carbonyl (C=O) groups excluding carboxylic acids is 1. The molecule has 29 heavy (non-hydrogen) atoms. The lowest BCUT2D eigenvalue weighted by Crippen LogP contribution is -2.59. The van der Waals surface area contributed by atoms with E-state index in [1.807, 2.05) is 37.9 Å². The highest BCUT2D eigenvalue weighted by molar-refractivity contribution is 9.11. The van der Waals surface area contributed by atoms with Crippen molar-refractivity contribution in [2.24, 2.45) is 5.92 Å². The Kier molecular flexibility index (Phi) is 7.22. The second-order valence-corrected chi connectivity index (χ2v) is 10.8. The van der Waals surface area contributed by atoms with Gasteiger partial charge in [-0.1, -0.05) is 0 Å². The summed E-state index contributed by atoms with van der Waals surface area (Å²) < 4.78 is 8.42. The van der Waals surface area contributed by atoms with Gasteiger partial charge in [0.25, 0.3) is 0 Å². The van der Waals surface area contributed by atoms with Gasteiger partial charge in [-0.3, -0.25) is 9.97 Å². The minimum atomic E-state index is -0.436. The third kappa shape index (κ3) is 6.15. The van der Waals surface area contributed by atoms with E-state index in [9.17, 15) is 4.79 Å². The summed E-state index contributed by atoms with van der Waals surface area (Å²) in [6.45, 7) is 8.31. The molecule has 2 atom stereocenters. The molecule has 0 radical (unpaired) electrons. The van der Waals surface area contributed by atoms with E-state index >= 15 is 0 Å². The average molecular weight is 591 g/mol. The molecule has 0 N–H and O–H groups in total. The zero-order chi connectivity index (χ0) is 21.2. The Morgan fingerprint density at radius 3 is 2.07 bits per heavy atom. The summed E-state index contributed by atoms with van der Waals surface area (Å²) in [4.78, 5) is 24.4. The lowest BCUT2D eigenvalue weighted by atomic mass is 9.93. The largest absolute Gasteiger partial charge is 0.444 e. The Balaban J connectivity index is 0.000000252. The molecule has 4 rings (SSSR count). The van der Waals surface area contributed by atoms with Gasteiger partial charge in [-0.25, -0.2) is 4.79 Å². The number of likely N-dealkylation sites (tertiary alicyclic amines) is 1. The standard InChI is InChI=1S/C15H20BrN3O2.C5H3Br2N/c1-15(2,3)21-14(20)19-8-10-7-18(9-13(10)19)12-4-11(16)5-17-6-12;6-4-1-5(7)3-8-2-4/h4-6,10,13H,7-9H2,1-3H3;1-3H/t10-,13-;/m1./s1. The van der Waals surface area contributed by atoms with Gasteiger partial charge in [0.05, 0.1) is 17.9 Å². The maximum atomic E-state index is 12.1. The highest BCUT2D eigenvalue weighted by Crippen LogP contribution is 2.36. The topological polar surface area (TPSA) is 58.6 Å². The molecule has 0 spiro atoms. The molecule has 0 unspecified atom stereocenters. The maximum Gasteiger partial charge on any atom is 0.410 e. The van der Waals surface area contributed by atoms with Crippen LogP contribution in [0, 0.1) is 5.92 Å². The Hall–Kier alpha value is -1.19. The molecule has 4 heterocycles. The zero-order valence-corrected chi connectivity index (χ0v) is 21.2. The van der Waals surface area contributed by atoms with Crippen LogP contribution >= 0.6 is 47.8 Å². The fraction of sp³-hybridized carbons (Fsp3) is 0.450. The van der Waals surface area contributed by atoms with Crippen molar-refractivity contribution >= 4 is 59.6 Å². The second kappa shape index (κ2) is 9.31. The van der Waals surface area contributed by atoms with Crippen LogP contribution in [0.4, 0.5) is 10.5 Å². The highest BCUT2D eigenvalue weighted by Gasteiger charge is 2.49. The number of aromatic nitrogens is 2. The highest BCUT2D eigenvalue weighted by atomic mass is 79.9. The number of hydrogen-bond donors (Lipinski definition) is 0. The summed E-state index contributed by atoms with van der Waals surface area (Å²) in [6, 6.07) is 4.27. The summed E-state index contributed by atoms with van der Waals surface area (Å²) in [7, 11) is 0. The summed E-state index contributed by atoms with van der Waals surface area (Å²) >= 11 is 9.99. The fourth-order valence-corrected chi connectivity index (χ4v) is 4.73. The molecule has 2 aromatic rings. The van der Waals surface area contributed by atoms with Crippen LogP contribution < -0.4 is 4.90 Å². The molecule has 1 amide bonds. The number of carbonyl (C=O) groups is 1. The number of pyridine rings is 2. The predicted octanol–water partition coefficient (Wildman–Crippen LogP) is 5.51. The summed E-state index contributed by atoms with van der Waals surface area (Å²) in [5.74, 6) is 0.538. The summed E-state index contributed by atoms with van der Waals surface area (Å²) in [6.07, 6.45) is 6.93. The molecular formula is C20H23Br3N4O2. The lowest BCUT2D eigenvalue weighted by molar-refractivity contribution is -0.0163. The monoisotopic (exact) mass is 588 g/mol. The van der Waals surface area contributed by atoms with Crippen LogP contribution in [0.2, 0.25) is 0 Å². The Bertz CT molecular complexity index is 858. The van der Waals surface area contributed by atoms with Gasteiger partial charge >= 0.3 is 6.09 Å². The normalized spacial score (nSPS) is 20.3. The van der Waals surface area contributed by atoms with Gasteiger partial charge in [-0.15, -0.1) is 0 Å². The van der Waals surface area contributed by atoms with Crippen molar-refractivity contribution in [1.29, 1.82) is 0 Å². The minimum absolute atomic E-state index is 0.196. The van der Waals surface area contributed by atoms with Crippen molar-refractivity contribution < 1.29 is 9.53 Å². The van der Waals surface area contributed by atoms with Crippen LogP contribution in [0.15, 0.2) is 50.3 Å². The van der Waals surface area contributed by atoms with Crippen LogP contribution in [0.25, 0.3) is 0 Å². The smallest absolute Gasteiger partial charge is 0.410 e. The molecule has 2 saturated heterocycles. The number of fused-ring (bicyclic) bond motifs is 1. The number of ether oxygens (including phenoxy) is 1. The van der Waals surface area contributed by atoms with Crippen LogP contribution in [-0.2, 0) is 4.74 Å². The van der Waals surface area contributed by atoms with E-state index in [4.69, 9.17) is 4.74 Å². The Morgan fingerprint density at radius 2 is 1.55 bits per heavy atom. The maximum absolute atomic E-state index is 12.1. The first-order chi connectivity index (χ1) is 13.6. The van der Waals surface area contributed by atoms with Crippen molar-refractivity contribution in [3.8, 4) is 0 Å². The quantitative estimate of drug-likeness (QED) is 0.439. The predicted molar refractivity (Wildman–Crippen MR) is 124 cm³/mol. The molecule has 156 valence electrons. The van der Waals surface area contributed by atoms with Gasteiger partial charge < -0.3 is 14.5 Å². The number of amides is 1. The van der Waals surface area contributed by atoms with Gasteiger partial charge in [-0.2, -0.15) is 0 Å². The molecular weight excluding hydrogens is 568 g/mol. The van der Waals surface area contributed by atoms with E-state index in [-0.39, 0.29) is 12.1 Å². The van der Waals surface area contributed by atoms with E-state index in [1.54, 1.807) is 18.6 Å². The van der Waals surface area contributed by atoms with Crippen molar-refractivity contribution in [2.45, 2.75) is 32.4 Å². The van der Waals surface area contributed by atoms with Crippen molar-refractivity contribution in [1.82, 2.24) is 14.9 Å². The number of rotatable bonds is 1. The third-order valence-electron chi connectivity index (χ3n) is 4.59. The van der Waals surface area contributed by atoms with E-state index in [2.05, 4.69) is 68.7 Å². The van der Waals surface area contributed by atoms with Crippen molar-refractivity contribution in [2.75, 3.05) is 24.5 Å². The minimum Gasteiger partial charge on any atom is -0.444 e. The van der Waals surface area contributed by atoms with Crippen molar-refractivity contribution in [3.63, 3.8) is 0 Å². The Labute approximate surface area is 196 Å². The number of nitrogens with zero attached hydrogens (tertiary/aromatic N) is 4. The number of halogens is 3. The van der Waals surface area contributed by atoms with E-state index in [0.717, 1.165) is 38.7 Å². The SMILES string of the molecule is Brc1cncc(Br)c1.CC(C)(C)OC(=O)N1C[C@H]2CN(c3cncc(Br)c3)C[C@H]21. The molecule has 2 aliphatic heterocycles. The average Bonchev–Trinajstić information content (AvgIpc) is 2.90. The van der Waals surface area contributed by atoms with Crippen LogP contribution in [0.3, 0.4) is 0 Å². The fourth-order valence-electron chi connectivity index (χ4n) is 3.34. The molecule has 2 fully saturated rings. The molecule has 2 aliphatic rings. The van der Waals surface area contributed by atoms with E-state index in [0.29, 0.717) is 5.92 Å². The van der Waals surface area contributed by atoms with Gasteiger partial charge in [-0.05, 0) is 80.7 Å². The van der Waals surface area contributed by atoms with Crippen LogP contribution in [-0.4, -0.2) is 52.2 Å². The summed E-state index contributed by atoms with van der Waals surface area (Å²) in [5.41, 5.74) is 0.664. The molecule has 9 heteroatoms. The van der Waals surface area contributed by atoms with E-state index in [1.165, 1.54) is 0 Å². The molecule has 0 bridgehead atoms. The summed E-state index contributed by atoms with van der Waals surface area (Å²) in [5, 5.41) is 0. The Morgan fingerprint density at radius 1 is 0.966 bits per heavy atom. The molecule has 2 aromatic heterocycles. The van der Waals surface area contributed by atoms with E-state index < -0.39 is 5.60 Å².